The molecule has 8 nitrogen and oxygen atoms in total. The van der Waals surface area contributed by atoms with Gasteiger partial charge in [0.25, 0.3) is 5.91 Å². The van der Waals surface area contributed by atoms with Gasteiger partial charge in [0.1, 0.15) is 5.75 Å². The van der Waals surface area contributed by atoms with Crippen LogP contribution >= 0.6 is 11.6 Å². The molecule has 1 aromatic carbocycles. The van der Waals surface area contributed by atoms with E-state index in [2.05, 4.69) is 20.2 Å². The Morgan fingerprint density at radius 2 is 2.03 bits per heavy atom. The molecular formula is C23H31ClN4O4. The smallest absolute Gasteiger partial charge is 0.251 e. The van der Waals surface area contributed by atoms with Crippen LogP contribution in [0.4, 0.5) is 5.95 Å². The van der Waals surface area contributed by atoms with Gasteiger partial charge in [-0.2, -0.15) is 0 Å². The minimum Gasteiger partial charge on any atom is -0.494 e. The lowest BCUT2D eigenvalue weighted by Gasteiger charge is -2.31. The molecule has 3 N–H and O–H groups in total. The summed E-state index contributed by atoms with van der Waals surface area (Å²) in [5, 5.41) is 21.4. The number of hydrogen-bond acceptors (Lipinski definition) is 7. The van der Waals surface area contributed by atoms with E-state index < -0.39 is 6.10 Å². The molecule has 0 saturated carbocycles. The van der Waals surface area contributed by atoms with Crippen LogP contribution in [0.25, 0.3) is 0 Å². The van der Waals surface area contributed by atoms with Crippen LogP contribution in [0.1, 0.15) is 41.6 Å². The maximum Gasteiger partial charge on any atom is 0.251 e. The lowest BCUT2D eigenvalue weighted by molar-refractivity contribution is 0.0801. The molecule has 1 saturated heterocycles. The summed E-state index contributed by atoms with van der Waals surface area (Å²) in [6, 6.07) is 5.36. The molecule has 2 heterocycles. The van der Waals surface area contributed by atoms with Crippen LogP contribution < -0.4 is 15.0 Å². The molecule has 0 aliphatic carbocycles. The van der Waals surface area contributed by atoms with Crippen LogP contribution in [0.5, 0.6) is 5.75 Å². The Morgan fingerprint density at radius 1 is 1.31 bits per heavy atom. The molecule has 32 heavy (non-hydrogen) atoms. The predicted octanol–water partition coefficient (Wildman–Crippen LogP) is 2.60. The fraction of sp³-hybridized carbons (Fsp3) is 0.522. The Morgan fingerprint density at radius 3 is 2.69 bits per heavy atom. The van der Waals surface area contributed by atoms with Crippen molar-refractivity contribution in [1.29, 1.82) is 0 Å². The van der Waals surface area contributed by atoms with Gasteiger partial charge in [-0.15, -0.1) is 0 Å². The second-order valence-electron chi connectivity index (χ2n) is 8.15. The lowest BCUT2D eigenvalue weighted by Crippen LogP contribution is -2.34. The van der Waals surface area contributed by atoms with E-state index in [9.17, 15) is 9.90 Å². The van der Waals surface area contributed by atoms with Gasteiger partial charge in [-0.25, -0.2) is 9.97 Å². The highest BCUT2D eigenvalue weighted by Crippen LogP contribution is 2.25. The SMILES string of the molecule is Cc1cc(OCCCC2CCN(c3ncc(Cl)cn3)CC2)ccc1C(=O)NC[C@@H](O)CO. The Kier molecular flexibility index (Phi) is 9.08. The Labute approximate surface area is 193 Å². The highest BCUT2D eigenvalue weighted by atomic mass is 35.5. The molecule has 0 bridgehead atoms. The largest absolute Gasteiger partial charge is 0.494 e. The average molecular weight is 463 g/mol. The first kappa shape index (κ1) is 24.2. The van der Waals surface area contributed by atoms with Gasteiger partial charge in [-0.3, -0.25) is 4.79 Å². The Hall–Kier alpha value is -2.42. The highest BCUT2D eigenvalue weighted by molar-refractivity contribution is 6.30. The summed E-state index contributed by atoms with van der Waals surface area (Å²) in [6.45, 7) is 4.01. The van der Waals surface area contributed by atoms with Crippen molar-refractivity contribution in [2.24, 2.45) is 5.92 Å². The monoisotopic (exact) mass is 462 g/mol. The van der Waals surface area contributed by atoms with Crippen molar-refractivity contribution < 1.29 is 19.7 Å². The van der Waals surface area contributed by atoms with Gasteiger partial charge in [-0.05, 0) is 62.3 Å². The fourth-order valence-electron chi connectivity index (χ4n) is 3.80. The van der Waals surface area contributed by atoms with Crippen molar-refractivity contribution in [2.45, 2.75) is 38.7 Å². The van der Waals surface area contributed by atoms with Crippen molar-refractivity contribution in [2.75, 3.05) is 37.7 Å². The molecule has 9 heteroatoms. The molecule has 3 rings (SSSR count). The second kappa shape index (κ2) is 12.0. The van der Waals surface area contributed by atoms with Crippen molar-refractivity contribution in [3.63, 3.8) is 0 Å². The van der Waals surface area contributed by atoms with E-state index in [0.29, 0.717) is 23.1 Å². The first-order valence-electron chi connectivity index (χ1n) is 11.0. The molecular weight excluding hydrogens is 432 g/mol. The number of nitrogens with one attached hydrogen (secondary N) is 1. The summed E-state index contributed by atoms with van der Waals surface area (Å²) in [5.74, 6) is 1.87. The number of aromatic nitrogens is 2. The van der Waals surface area contributed by atoms with Crippen LogP contribution in [0.3, 0.4) is 0 Å². The number of anilines is 1. The van der Waals surface area contributed by atoms with Crippen LogP contribution in [0.2, 0.25) is 5.02 Å². The zero-order valence-corrected chi connectivity index (χ0v) is 19.1. The van der Waals surface area contributed by atoms with E-state index in [4.69, 9.17) is 21.4 Å². The number of benzene rings is 1. The average Bonchev–Trinajstić information content (AvgIpc) is 2.81. The van der Waals surface area contributed by atoms with Crippen molar-refractivity contribution in [3.05, 3.63) is 46.7 Å². The molecule has 0 radical (unpaired) electrons. The summed E-state index contributed by atoms with van der Waals surface area (Å²) in [7, 11) is 0. The third kappa shape index (κ3) is 7.05. The molecule has 1 aliphatic rings. The molecule has 0 spiro atoms. The van der Waals surface area contributed by atoms with E-state index in [-0.39, 0.29) is 19.1 Å². The molecule has 1 aliphatic heterocycles. The zero-order chi connectivity index (χ0) is 22.9. The summed E-state index contributed by atoms with van der Waals surface area (Å²) in [6.07, 6.45) is 6.62. The van der Waals surface area contributed by atoms with Crippen LogP contribution in [0, 0.1) is 12.8 Å². The maximum atomic E-state index is 12.2. The van der Waals surface area contributed by atoms with Crippen molar-refractivity contribution in [1.82, 2.24) is 15.3 Å². The van der Waals surface area contributed by atoms with Gasteiger partial charge in [0.05, 0.1) is 36.7 Å². The van der Waals surface area contributed by atoms with Gasteiger partial charge < -0.3 is 25.2 Å². The summed E-state index contributed by atoms with van der Waals surface area (Å²) in [5.41, 5.74) is 1.33. The number of nitrogens with zero attached hydrogens (tertiary/aromatic N) is 3. The quantitative estimate of drug-likeness (QED) is 0.466. The highest BCUT2D eigenvalue weighted by Gasteiger charge is 2.20. The summed E-state index contributed by atoms with van der Waals surface area (Å²) >= 11 is 5.86. The van der Waals surface area contributed by atoms with E-state index in [1.807, 2.05) is 13.0 Å². The number of carbonyl (C=O) groups is 1. The normalized spacial score (nSPS) is 15.4. The number of amides is 1. The van der Waals surface area contributed by atoms with Gasteiger partial charge in [0.2, 0.25) is 5.95 Å². The Balaban J connectivity index is 1.36. The number of aryl methyl sites for hydroxylation is 1. The van der Waals surface area contributed by atoms with Crippen LogP contribution in [0.15, 0.2) is 30.6 Å². The van der Waals surface area contributed by atoms with Gasteiger partial charge >= 0.3 is 0 Å². The van der Waals surface area contributed by atoms with Crippen LogP contribution in [-0.4, -0.2) is 65.0 Å². The molecule has 2 aromatic rings. The van der Waals surface area contributed by atoms with E-state index in [1.54, 1.807) is 24.5 Å². The number of halogens is 1. The van der Waals surface area contributed by atoms with Gasteiger partial charge in [0, 0.05) is 25.2 Å². The number of aliphatic hydroxyl groups is 2. The molecule has 174 valence electrons. The number of rotatable bonds is 10. The lowest BCUT2D eigenvalue weighted by atomic mass is 9.92. The van der Waals surface area contributed by atoms with E-state index >= 15 is 0 Å². The fourth-order valence-corrected chi connectivity index (χ4v) is 3.90. The topological polar surface area (TPSA) is 108 Å². The second-order valence-corrected chi connectivity index (χ2v) is 8.58. The van der Waals surface area contributed by atoms with Crippen molar-refractivity contribution >= 4 is 23.5 Å². The first-order chi connectivity index (χ1) is 15.5. The number of ether oxygens (including phenoxy) is 1. The summed E-state index contributed by atoms with van der Waals surface area (Å²) in [4.78, 5) is 23.0. The number of aliphatic hydroxyl groups excluding tert-OH is 2. The molecule has 1 atom stereocenters. The standard InChI is InChI=1S/C23H31ClN4O4/c1-16-11-20(4-5-21(16)22(31)25-14-19(30)15-29)32-10-2-3-17-6-8-28(9-7-17)23-26-12-18(24)13-27-23/h4-5,11-13,17,19,29-30H,2-3,6-10,14-15H2,1H3,(H,25,31)/t19-/m1/s1. The maximum absolute atomic E-state index is 12.2. The number of piperidine rings is 1. The minimum atomic E-state index is -0.958. The van der Waals surface area contributed by atoms with Crippen LogP contribution in [-0.2, 0) is 0 Å². The van der Waals surface area contributed by atoms with E-state index in [0.717, 1.165) is 56.0 Å². The molecule has 1 aromatic heterocycles. The Bertz CT molecular complexity index is 873. The third-order valence-electron chi connectivity index (χ3n) is 5.68. The predicted molar refractivity (Wildman–Crippen MR) is 123 cm³/mol. The zero-order valence-electron chi connectivity index (χ0n) is 18.3. The third-order valence-corrected chi connectivity index (χ3v) is 5.88. The van der Waals surface area contributed by atoms with Gasteiger partial charge in [0.15, 0.2) is 0 Å². The number of carbonyl (C=O) groups excluding carboxylic acids is 1. The van der Waals surface area contributed by atoms with Gasteiger partial charge in [-0.1, -0.05) is 11.6 Å². The first-order valence-corrected chi connectivity index (χ1v) is 11.4. The molecule has 1 fully saturated rings. The molecule has 1 amide bonds. The minimum absolute atomic E-state index is 0.0126. The summed E-state index contributed by atoms with van der Waals surface area (Å²) < 4.78 is 5.88. The van der Waals surface area contributed by atoms with Crippen molar-refractivity contribution in [3.8, 4) is 5.75 Å². The molecule has 0 unspecified atom stereocenters. The number of hydrogen-bond donors (Lipinski definition) is 3. The van der Waals surface area contributed by atoms with E-state index in [1.165, 1.54) is 0 Å².